The number of rotatable bonds is 6. The number of benzene rings is 3. The molecule has 12 nitrogen and oxygen atoms in total. The first-order valence-corrected chi connectivity index (χ1v) is 13.3. The second-order valence-corrected chi connectivity index (χ2v) is 9.72. The van der Waals surface area contributed by atoms with Crippen molar-refractivity contribution in [2.24, 2.45) is 0 Å². The van der Waals surface area contributed by atoms with Crippen LogP contribution in [0.4, 0.5) is 5.82 Å². The zero-order valence-corrected chi connectivity index (χ0v) is 22.5. The Kier molecular flexibility index (Phi) is 7.71. The van der Waals surface area contributed by atoms with Crippen molar-refractivity contribution in [2.75, 3.05) is 11.5 Å². The molecule has 1 saturated heterocycles. The Morgan fingerprint density at radius 1 is 0.791 bits per heavy atom. The second kappa shape index (κ2) is 11.9. The Morgan fingerprint density at radius 2 is 1.35 bits per heavy atom. The molecule has 1 aliphatic heterocycles. The molecule has 43 heavy (non-hydrogen) atoms. The van der Waals surface area contributed by atoms with E-state index in [0.717, 1.165) is 4.90 Å². The number of hydrogen-bond acceptors (Lipinski definition) is 10. The third kappa shape index (κ3) is 5.37. The first kappa shape index (κ1) is 27.8. The van der Waals surface area contributed by atoms with Crippen LogP contribution in [-0.2, 0) is 9.47 Å². The van der Waals surface area contributed by atoms with Crippen LogP contribution in [0.15, 0.2) is 104 Å². The van der Waals surface area contributed by atoms with Crippen molar-refractivity contribution in [2.45, 2.75) is 24.5 Å². The number of hydrogen-bond donors (Lipinski definition) is 2. The Morgan fingerprint density at radius 3 is 1.93 bits per heavy atom. The van der Waals surface area contributed by atoms with Gasteiger partial charge in [0.2, 0.25) is 0 Å². The number of anilines is 1. The molecule has 12 heteroatoms. The highest BCUT2D eigenvalue weighted by molar-refractivity contribution is 6.27. The number of aliphatic hydroxyl groups excluding tert-OH is 2. The van der Waals surface area contributed by atoms with Crippen LogP contribution in [0.2, 0.25) is 0 Å². The minimum absolute atomic E-state index is 0.0772. The molecule has 0 aliphatic carbocycles. The van der Waals surface area contributed by atoms with E-state index in [1.54, 1.807) is 91.0 Å². The van der Waals surface area contributed by atoms with E-state index in [9.17, 15) is 24.6 Å². The molecule has 4 atom stereocenters. The van der Waals surface area contributed by atoms with Crippen LogP contribution in [0.5, 0.6) is 0 Å². The van der Waals surface area contributed by atoms with Gasteiger partial charge in [-0.2, -0.15) is 0 Å². The zero-order valence-electron chi connectivity index (χ0n) is 22.5. The molecular weight excluding hydrogens is 554 g/mol. The van der Waals surface area contributed by atoms with Gasteiger partial charge in [0.15, 0.2) is 29.3 Å². The molecule has 0 spiro atoms. The molecule has 0 bridgehead atoms. The maximum Gasteiger partial charge on any atom is 0.338 e. The average molecular weight is 580 g/mol. The number of esters is 1. The Bertz CT molecular complexity index is 1710. The summed E-state index contributed by atoms with van der Waals surface area (Å²) < 4.78 is 12.9. The number of fused-ring (bicyclic) bond motifs is 1. The van der Waals surface area contributed by atoms with Crippen molar-refractivity contribution in [1.82, 2.24) is 19.5 Å². The minimum Gasteiger partial charge on any atom is -0.451 e. The number of carbonyl (C=O) groups is 3. The molecule has 0 saturated carbocycles. The normalized spacial score (nSPS) is 20.0. The van der Waals surface area contributed by atoms with Crippen LogP contribution in [0.25, 0.3) is 11.2 Å². The molecule has 2 aromatic heterocycles. The molecule has 2 N–H and O–H groups in total. The number of ether oxygens (including phenoxy) is 2. The molecule has 6 rings (SSSR count). The lowest BCUT2D eigenvalue weighted by atomic mass is 10.0. The van der Waals surface area contributed by atoms with E-state index in [4.69, 9.17) is 9.47 Å². The summed E-state index contributed by atoms with van der Waals surface area (Å²) in [6.45, 7) is -0.270. The van der Waals surface area contributed by atoms with Crippen molar-refractivity contribution >= 4 is 34.8 Å². The first-order valence-electron chi connectivity index (χ1n) is 13.3. The maximum atomic E-state index is 13.8. The molecule has 1 fully saturated rings. The van der Waals surface area contributed by atoms with E-state index in [1.807, 2.05) is 0 Å². The van der Waals surface area contributed by atoms with Crippen molar-refractivity contribution in [3.63, 3.8) is 0 Å². The quantitative estimate of drug-likeness (QED) is 0.226. The van der Waals surface area contributed by atoms with Crippen LogP contribution < -0.4 is 4.90 Å². The highest BCUT2D eigenvalue weighted by atomic mass is 16.6. The van der Waals surface area contributed by atoms with E-state index in [2.05, 4.69) is 15.0 Å². The van der Waals surface area contributed by atoms with Crippen LogP contribution >= 0.6 is 0 Å². The fourth-order valence-electron chi connectivity index (χ4n) is 4.80. The van der Waals surface area contributed by atoms with Crippen LogP contribution in [0.3, 0.4) is 0 Å². The van der Waals surface area contributed by atoms with Gasteiger partial charge in [-0.1, -0.05) is 54.6 Å². The summed E-state index contributed by atoms with van der Waals surface area (Å²) in [5.74, 6) is -2.09. The number of carbonyl (C=O) groups excluding carboxylic acids is 3. The van der Waals surface area contributed by atoms with Crippen LogP contribution in [-0.4, -0.2) is 72.4 Å². The van der Waals surface area contributed by atoms with Gasteiger partial charge in [0.1, 0.15) is 18.5 Å². The lowest BCUT2D eigenvalue weighted by Gasteiger charge is -2.38. The standard InChI is InChI=1S/C31H25N5O7/c37-22-16-42-30(25(24(22)38)43-31(41)21-14-8-3-9-15-21)35-18-34-23-26(35)32-17-33-27(23)36(28(39)19-10-4-1-5-11-19)29(40)20-12-6-2-7-13-20/h1-15,17-18,22,24-25,30,37-38H,16H2/t22-,24-,25-,30-/m1/s1. The Labute approximate surface area is 244 Å². The number of amides is 2. The number of nitrogens with zero attached hydrogens (tertiary/aromatic N) is 5. The third-order valence-electron chi connectivity index (χ3n) is 6.98. The van der Waals surface area contributed by atoms with Gasteiger partial charge in [-0.25, -0.2) is 24.6 Å². The largest absolute Gasteiger partial charge is 0.451 e. The molecule has 5 aromatic rings. The predicted molar refractivity (Wildman–Crippen MR) is 152 cm³/mol. The summed E-state index contributed by atoms with van der Waals surface area (Å²) in [5.41, 5.74) is 0.944. The number of imidazole rings is 1. The summed E-state index contributed by atoms with van der Waals surface area (Å²) in [4.78, 5) is 54.4. The smallest absolute Gasteiger partial charge is 0.338 e. The second-order valence-electron chi connectivity index (χ2n) is 9.72. The van der Waals surface area contributed by atoms with Crippen LogP contribution in [0.1, 0.15) is 37.3 Å². The minimum atomic E-state index is -1.50. The molecule has 216 valence electrons. The molecule has 0 radical (unpaired) electrons. The molecule has 2 amide bonds. The summed E-state index contributed by atoms with van der Waals surface area (Å²) in [7, 11) is 0. The number of aliphatic hydroxyl groups is 2. The fourth-order valence-corrected chi connectivity index (χ4v) is 4.80. The van der Waals surface area contributed by atoms with Gasteiger partial charge in [0, 0.05) is 11.1 Å². The first-order chi connectivity index (χ1) is 20.9. The van der Waals surface area contributed by atoms with Gasteiger partial charge in [0.25, 0.3) is 11.8 Å². The lowest BCUT2D eigenvalue weighted by Crippen LogP contribution is -2.52. The summed E-state index contributed by atoms with van der Waals surface area (Å²) in [6, 6.07) is 24.7. The maximum absolute atomic E-state index is 13.8. The van der Waals surface area contributed by atoms with Gasteiger partial charge in [-0.15, -0.1) is 0 Å². The SMILES string of the molecule is O=C(O[C@@H]1[C@H](O)[C@H](O)CO[C@H]1n1cnc2c(N(C(=O)c3ccccc3)C(=O)c3ccccc3)ncnc21)c1ccccc1. The molecule has 3 aromatic carbocycles. The highest BCUT2D eigenvalue weighted by Crippen LogP contribution is 2.32. The van der Waals surface area contributed by atoms with E-state index in [-0.39, 0.29) is 40.3 Å². The van der Waals surface area contributed by atoms with Gasteiger partial charge in [0.05, 0.1) is 18.5 Å². The van der Waals surface area contributed by atoms with Gasteiger partial charge in [-0.05, 0) is 36.4 Å². The van der Waals surface area contributed by atoms with Crippen molar-refractivity contribution < 1.29 is 34.1 Å². The Hall–Kier alpha value is -5.30. The average Bonchev–Trinajstić information content (AvgIpc) is 3.49. The monoisotopic (exact) mass is 579 g/mol. The zero-order chi connectivity index (χ0) is 29.9. The number of imide groups is 1. The van der Waals surface area contributed by atoms with Gasteiger partial charge < -0.3 is 19.7 Å². The molecular formula is C31H25N5O7. The summed E-state index contributed by atoms with van der Waals surface area (Å²) in [6.07, 6.45) is -2.87. The molecule has 3 heterocycles. The van der Waals surface area contributed by atoms with Gasteiger partial charge in [-0.3, -0.25) is 14.2 Å². The Balaban J connectivity index is 1.42. The lowest BCUT2D eigenvalue weighted by molar-refractivity contribution is -0.210. The summed E-state index contributed by atoms with van der Waals surface area (Å²) in [5, 5.41) is 21.2. The third-order valence-corrected chi connectivity index (χ3v) is 6.98. The van der Waals surface area contributed by atoms with E-state index < -0.39 is 42.3 Å². The number of aromatic nitrogens is 4. The summed E-state index contributed by atoms with van der Waals surface area (Å²) >= 11 is 0. The highest BCUT2D eigenvalue weighted by Gasteiger charge is 2.44. The van der Waals surface area contributed by atoms with E-state index >= 15 is 0 Å². The van der Waals surface area contributed by atoms with Crippen molar-refractivity contribution in [3.8, 4) is 0 Å². The van der Waals surface area contributed by atoms with E-state index in [0.29, 0.717) is 0 Å². The topological polar surface area (TPSA) is 157 Å². The molecule has 1 aliphatic rings. The fraction of sp³-hybridized carbons (Fsp3) is 0.161. The van der Waals surface area contributed by atoms with E-state index in [1.165, 1.54) is 17.2 Å². The molecule has 0 unspecified atom stereocenters. The van der Waals surface area contributed by atoms with Crippen LogP contribution in [0, 0.1) is 0 Å². The van der Waals surface area contributed by atoms with Crippen molar-refractivity contribution in [1.29, 1.82) is 0 Å². The van der Waals surface area contributed by atoms with Crippen molar-refractivity contribution in [3.05, 3.63) is 120 Å². The van der Waals surface area contributed by atoms with Gasteiger partial charge >= 0.3 is 5.97 Å². The predicted octanol–water partition coefficient (Wildman–Crippen LogP) is 2.79.